The second kappa shape index (κ2) is 4.61. The summed E-state index contributed by atoms with van der Waals surface area (Å²) in [6, 6.07) is 5.14. The molecule has 1 aromatic carbocycles. The normalized spacial score (nSPS) is 10.4. The number of hydrogen-bond acceptors (Lipinski definition) is 3. The van der Waals surface area contributed by atoms with Crippen molar-refractivity contribution in [2.24, 2.45) is 0 Å². The van der Waals surface area contributed by atoms with E-state index in [-0.39, 0.29) is 5.82 Å². The minimum atomic E-state index is -0.288. The van der Waals surface area contributed by atoms with Crippen molar-refractivity contribution in [2.75, 3.05) is 0 Å². The van der Waals surface area contributed by atoms with Crippen LogP contribution in [0.15, 0.2) is 24.4 Å². The Morgan fingerprint density at radius 1 is 1.38 bits per heavy atom. The number of aromatic nitrogens is 1. The Morgan fingerprint density at radius 2 is 2.19 bits per heavy atom. The average molecular weight is 237 g/mol. The fourth-order valence-corrected chi connectivity index (χ4v) is 2.06. The number of nitrogens with zero attached hydrogens (tertiary/aromatic N) is 1. The molecule has 4 heteroatoms. The van der Waals surface area contributed by atoms with Crippen molar-refractivity contribution in [3.05, 3.63) is 45.7 Å². The first-order valence-electron chi connectivity index (χ1n) is 4.96. The molecule has 0 aliphatic heterocycles. The highest BCUT2D eigenvalue weighted by Crippen LogP contribution is 2.21. The minimum absolute atomic E-state index is 0.288. The largest absolute Gasteiger partial charge is 0.485 e. The lowest BCUT2D eigenvalue weighted by Gasteiger charge is -2.06. The molecule has 2 aromatic rings. The fraction of sp³-hybridized carbons (Fsp3) is 0.250. The smallest absolute Gasteiger partial charge is 0.167 e. The molecule has 1 heterocycles. The van der Waals surface area contributed by atoms with Gasteiger partial charge in [0.2, 0.25) is 0 Å². The summed E-state index contributed by atoms with van der Waals surface area (Å²) < 4.78 is 19.0. The van der Waals surface area contributed by atoms with Gasteiger partial charge in [-0.25, -0.2) is 9.37 Å². The van der Waals surface area contributed by atoms with Crippen molar-refractivity contribution < 1.29 is 9.13 Å². The van der Waals surface area contributed by atoms with Gasteiger partial charge in [0, 0.05) is 6.20 Å². The molecule has 0 spiro atoms. The van der Waals surface area contributed by atoms with E-state index in [1.165, 1.54) is 0 Å². The molecule has 0 amide bonds. The SMILES string of the molecule is Cc1ncc(COc2cccc(C)c2F)s1. The zero-order chi connectivity index (χ0) is 11.5. The first-order chi connectivity index (χ1) is 7.66. The zero-order valence-corrected chi connectivity index (χ0v) is 9.97. The van der Waals surface area contributed by atoms with E-state index < -0.39 is 0 Å². The maximum Gasteiger partial charge on any atom is 0.167 e. The van der Waals surface area contributed by atoms with Gasteiger partial charge >= 0.3 is 0 Å². The van der Waals surface area contributed by atoms with Gasteiger partial charge < -0.3 is 4.74 Å². The van der Waals surface area contributed by atoms with Crippen LogP contribution in [0.2, 0.25) is 0 Å². The van der Waals surface area contributed by atoms with E-state index in [1.54, 1.807) is 42.7 Å². The van der Waals surface area contributed by atoms with Crippen LogP contribution in [-0.2, 0) is 6.61 Å². The average Bonchev–Trinajstić information content (AvgIpc) is 2.67. The lowest BCUT2D eigenvalue weighted by molar-refractivity contribution is 0.292. The van der Waals surface area contributed by atoms with Crippen LogP contribution in [0, 0.1) is 19.7 Å². The Hall–Kier alpha value is -1.42. The maximum atomic E-state index is 13.6. The van der Waals surface area contributed by atoms with Crippen LogP contribution in [0.25, 0.3) is 0 Å². The number of halogens is 1. The van der Waals surface area contributed by atoms with E-state index in [1.807, 2.05) is 6.92 Å². The Labute approximate surface area is 97.7 Å². The van der Waals surface area contributed by atoms with Crippen molar-refractivity contribution in [1.29, 1.82) is 0 Å². The lowest BCUT2D eigenvalue weighted by Crippen LogP contribution is -1.96. The minimum Gasteiger partial charge on any atom is -0.485 e. The van der Waals surface area contributed by atoms with Gasteiger partial charge in [-0.2, -0.15) is 0 Å². The zero-order valence-electron chi connectivity index (χ0n) is 9.16. The third-order valence-corrected chi connectivity index (χ3v) is 3.08. The van der Waals surface area contributed by atoms with Crippen molar-refractivity contribution >= 4 is 11.3 Å². The lowest BCUT2D eigenvalue weighted by atomic mass is 10.2. The summed E-state index contributed by atoms with van der Waals surface area (Å²) in [5.41, 5.74) is 0.595. The van der Waals surface area contributed by atoms with E-state index in [9.17, 15) is 4.39 Å². The molecule has 0 fully saturated rings. The van der Waals surface area contributed by atoms with Gasteiger partial charge in [-0.3, -0.25) is 0 Å². The molecule has 0 bridgehead atoms. The number of rotatable bonds is 3. The van der Waals surface area contributed by atoms with Gasteiger partial charge in [0.15, 0.2) is 11.6 Å². The second-order valence-corrected chi connectivity index (χ2v) is 4.84. The summed E-state index contributed by atoms with van der Waals surface area (Å²) in [7, 11) is 0. The topological polar surface area (TPSA) is 22.1 Å². The summed E-state index contributed by atoms with van der Waals surface area (Å²) in [5, 5.41) is 0.989. The van der Waals surface area contributed by atoms with Crippen molar-refractivity contribution in [3.63, 3.8) is 0 Å². The van der Waals surface area contributed by atoms with Crippen LogP contribution >= 0.6 is 11.3 Å². The van der Waals surface area contributed by atoms with E-state index in [2.05, 4.69) is 4.98 Å². The van der Waals surface area contributed by atoms with Gasteiger partial charge in [-0.1, -0.05) is 12.1 Å². The van der Waals surface area contributed by atoms with Gasteiger partial charge in [0.1, 0.15) is 6.61 Å². The van der Waals surface area contributed by atoms with Crippen LogP contribution in [0.5, 0.6) is 5.75 Å². The number of ether oxygens (including phenoxy) is 1. The first kappa shape index (κ1) is 11.1. The monoisotopic (exact) mass is 237 g/mol. The van der Waals surface area contributed by atoms with Crippen molar-refractivity contribution in [3.8, 4) is 5.75 Å². The molecular formula is C12H12FNOS. The van der Waals surface area contributed by atoms with E-state index in [0.717, 1.165) is 9.88 Å². The highest BCUT2D eigenvalue weighted by molar-refractivity contribution is 7.11. The van der Waals surface area contributed by atoms with Crippen molar-refractivity contribution in [1.82, 2.24) is 4.98 Å². The second-order valence-electron chi connectivity index (χ2n) is 3.52. The maximum absolute atomic E-state index is 13.6. The molecule has 0 radical (unpaired) electrons. The quantitative estimate of drug-likeness (QED) is 0.815. The van der Waals surface area contributed by atoms with Crippen LogP contribution in [0.1, 0.15) is 15.4 Å². The summed E-state index contributed by atoms with van der Waals surface area (Å²) in [6.07, 6.45) is 1.76. The molecule has 84 valence electrons. The van der Waals surface area contributed by atoms with Gasteiger partial charge in [-0.15, -0.1) is 11.3 Å². The van der Waals surface area contributed by atoms with E-state index in [0.29, 0.717) is 17.9 Å². The molecule has 0 aliphatic rings. The molecular weight excluding hydrogens is 225 g/mol. The fourth-order valence-electron chi connectivity index (χ4n) is 1.35. The third-order valence-electron chi connectivity index (χ3n) is 2.20. The molecule has 0 atom stereocenters. The molecule has 0 aliphatic carbocycles. The molecule has 0 unspecified atom stereocenters. The van der Waals surface area contributed by atoms with Crippen LogP contribution in [0.3, 0.4) is 0 Å². The first-order valence-corrected chi connectivity index (χ1v) is 5.77. The summed E-state index contributed by atoms with van der Waals surface area (Å²) in [4.78, 5) is 5.11. The molecule has 2 rings (SSSR count). The number of benzene rings is 1. The molecule has 0 saturated carbocycles. The number of thiazole rings is 1. The highest BCUT2D eigenvalue weighted by Gasteiger charge is 2.06. The van der Waals surface area contributed by atoms with Gasteiger partial charge in [0.05, 0.1) is 9.88 Å². The summed E-state index contributed by atoms with van der Waals surface area (Å²) >= 11 is 1.56. The Morgan fingerprint density at radius 3 is 2.88 bits per heavy atom. The van der Waals surface area contributed by atoms with Crippen LogP contribution < -0.4 is 4.74 Å². The molecule has 0 N–H and O–H groups in total. The Balaban J connectivity index is 2.07. The summed E-state index contributed by atoms with van der Waals surface area (Å²) in [5.74, 6) is 0.00907. The molecule has 2 nitrogen and oxygen atoms in total. The van der Waals surface area contributed by atoms with Gasteiger partial charge in [0.25, 0.3) is 0 Å². The summed E-state index contributed by atoms with van der Waals surface area (Å²) in [6.45, 7) is 4.02. The van der Waals surface area contributed by atoms with Crippen LogP contribution in [0.4, 0.5) is 4.39 Å². The number of hydrogen-bond donors (Lipinski definition) is 0. The molecule has 1 aromatic heterocycles. The van der Waals surface area contributed by atoms with Crippen molar-refractivity contribution in [2.45, 2.75) is 20.5 Å². The molecule has 0 saturated heterocycles. The molecule has 16 heavy (non-hydrogen) atoms. The number of aryl methyl sites for hydroxylation is 2. The Bertz CT molecular complexity index is 496. The van der Waals surface area contributed by atoms with E-state index >= 15 is 0 Å². The van der Waals surface area contributed by atoms with Gasteiger partial charge in [-0.05, 0) is 25.5 Å². The standard InChI is InChI=1S/C12H12FNOS/c1-8-4-3-5-11(12(8)13)15-7-10-6-14-9(2)16-10/h3-6H,7H2,1-2H3. The highest BCUT2D eigenvalue weighted by atomic mass is 32.1. The van der Waals surface area contributed by atoms with Crippen LogP contribution in [-0.4, -0.2) is 4.98 Å². The third kappa shape index (κ3) is 2.39. The Kier molecular flexibility index (Phi) is 3.19. The van der Waals surface area contributed by atoms with E-state index in [4.69, 9.17) is 4.74 Å². The predicted octanol–water partition coefficient (Wildman–Crippen LogP) is 3.48. The predicted molar refractivity (Wildman–Crippen MR) is 62.3 cm³/mol.